The number of benzene rings is 1. The molecule has 1 saturated heterocycles. The van der Waals surface area contributed by atoms with E-state index >= 15 is 0 Å². The third-order valence-corrected chi connectivity index (χ3v) is 3.61. The molecule has 2 heterocycles. The molecular formula is C18H18N2O4. The number of carbonyl (C=O) groups excluding carboxylic acids is 2. The van der Waals surface area contributed by atoms with Gasteiger partial charge in [0, 0.05) is 18.3 Å². The Morgan fingerprint density at radius 2 is 2.21 bits per heavy atom. The lowest BCUT2D eigenvalue weighted by Crippen LogP contribution is -2.24. The molecule has 0 atom stereocenters. The highest BCUT2D eigenvalue weighted by molar-refractivity contribution is 5.91. The van der Waals surface area contributed by atoms with Crippen molar-refractivity contribution in [3.63, 3.8) is 0 Å². The highest BCUT2D eigenvalue weighted by Crippen LogP contribution is 2.19. The molecule has 1 N–H and O–H groups in total. The Labute approximate surface area is 139 Å². The van der Waals surface area contributed by atoms with Gasteiger partial charge in [-0.05, 0) is 42.8 Å². The van der Waals surface area contributed by atoms with Gasteiger partial charge in [0.15, 0.2) is 0 Å². The number of hydrogen-bond donors (Lipinski definition) is 1. The van der Waals surface area contributed by atoms with E-state index in [-0.39, 0.29) is 12.0 Å². The Balaban J connectivity index is 1.57. The first kappa shape index (κ1) is 15.9. The minimum Gasteiger partial charge on any atom is -0.462 e. The molecule has 124 valence electrons. The van der Waals surface area contributed by atoms with Crippen molar-refractivity contribution in [3.05, 3.63) is 59.6 Å². The zero-order valence-electron chi connectivity index (χ0n) is 13.3. The van der Waals surface area contributed by atoms with E-state index < -0.39 is 0 Å². The van der Waals surface area contributed by atoms with Gasteiger partial charge in [0.2, 0.25) is 5.91 Å². The summed E-state index contributed by atoms with van der Waals surface area (Å²) in [5.41, 5.74) is 1.67. The molecule has 0 saturated carbocycles. The summed E-state index contributed by atoms with van der Waals surface area (Å²) >= 11 is 0. The monoisotopic (exact) mass is 326 g/mol. The fraction of sp³-hybridized carbons (Fsp3) is 0.222. The molecule has 1 fully saturated rings. The summed E-state index contributed by atoms with van der Waals surface area (Å²) in [5.74, 6) is 1.22. The molecule has 1 aromatic heterocycles. The number of cyclic esters (lactones) is 1. The highest BCUT2D eigenvalue weighted by Gasteiger charge is 2.23. The van der Waals surface area contributed by atoms with Crippen LogP contribution in [0.3, 0.4) is 0 Å². The number of furan rings is 1. The van der Waals surface area contributed by atoms with E-state index in [1.807, 2.05) is 37.3 Å². The summed E-state index contributed by atoms with van der Waals surface area (Å²) in [6.45, 7) is 3.16. The Morgan fingerprint density at radius 3 is 2.92 bits per heavy atom. The van der Waals surface area contributed by atoms with Crippen LogP contribution in [0.2, 0.25) is 0 Å². The van der Waals surface area contributed by atoms with E-state index in [9.17, 15) is 9.59 Å². The molecule has 2 amide bonds. The second-order valence-electron chi connectivity index (χ2n) is 5.44. The summed E-state index contributed by atoms with van der Waals surface area (Å²) in [4.78, 5) is 25.0. The smallest absolute Gasteiger partial charge is 0.414 e. The van der Waals surface area contributed by atoms with Crippen molar-refractivity contribution in [2.24, 2.45) is 0 Å². The maximum atomic E-state index is 11.9. The largest absolute Gasteiger partial charge is 0.462 e. The number of ether oxygens (including phenoxy) is 1. The predicted molar refractivity (Wildman–Crippen MR) is 89.5 cm³/mol. The molecule has 24 heavy (non-hydrogen) atoms. The number of rotatable bonds is 5. The van der Waals surface area contributed by atoms with Crippen LogP contribution in [-0.4, -0.2) is 25.2 Å². The first-order valence-electron chi connectivity index (χ1n) is 7.67. The summed E-state index contributed by atoms with van der Waals surface area (Å²) in [7, 11) is 0. The standard InChI is InChI=1S/C18H18N2O4/c1-13-5-6-16(24-13)7-8-17(21)19-12-14-3-2-4-15(11-14)20-9-10-23-18(20)22/h2-8,11H,9-10,12H2,1H3,(H,19,21). The number of carbonyl (C=O) groups is 2. The van der Waals surface area contributed by atoms with Crippen molar-refractivity contribution < 1.29 is 18.7 Å². The lowest BCUT2D eigenvalue weighted by atomic mass is 10.2. The first-order valence-corrected chi connectivity index (χ1v) is 7.67. The average molecular weight is 326 g/mol. The SMILES string of the molecule is Cc1ccc(C=CC(=O)NCc2cccc(N3CCOC3=O)c2)o1. The van der Waals surface area contributed by atoms with Crippen LogP contribution in [0.1, 0.15) is 17.1 Å². The van der Waals surface area contributed by atoms with Crippen molar-refractivity contribution in [3.8, 4) is 0 Å². The molecule has 0 unspecified atom stereocenters. The van der Waals surface area contributed by atoms with Gasteiger partial charge in [-0.25, -0.2) is 4.79 Å². The van der Waals surface area contributed by atoms with Crippen LogP contribution in [0.5, 0.6) is 0 Å². The van der Waals surface area contributed by atoms with E-state index in [2.05, 4.69) is 5.32 Å². The number of hydrogen-bond acceptors (Lipinski definition) is 4. The topological polar surface area (TPSA) is 71.8 Å². The van der Waals surface area contributed by atoms with Gasteiger partial charge in [0.05, 0.1) is 6.54 Å². The highest BCUT2D eigenvalue weighted by atomic mass is 16.6. The normalized spacial score (nSPS) is 14.2. The Hall–Kier alpha value is -3.02. The van der Waals surface area contributed by atoms with E-state index in [1.54, 1.807) is 17.0 Å². The summed E-state index contributed by atoms with van der Waals surface area (Å²) in [5, 5.41) is 2.80. The van der Waals surface area contributed by atoms with Crippen LogP contribution in [0.15, 0.2) is 46.9 Å². The van der Waals surface area contributed by atoms with Crippen LogP contribution >= 0.6 is 0 Å². The van der Waals surface area contributed by atoms with Gasteiger partial charge >= 0.3 is 6.09 Å². The molecule has 6 heteroatoms. The molecule has 2 aromatic rings. The Kier molecular flexibility index (Phi) is 4.65. The summed E-state index contributed by atoms with van der Waals surface area (Å²) in [6, 6.07) is 11.1. The van der Waals surface area contributed by atoms with Crippen molar-refractivity contribution in [1.29, 1.82) is 0 Å². The summed E-state index contributed by atoms with van der Waals surface area (Å²) in [6.07, 6.45) is 2.71. The van der Waals surface area contributed by atoms with Crippen LogP contribution in [0, 0.1) is 6.92 Å². The number of anilines is 1. The Bertz CT molecular complexity index is 779. The molecule has 0 spiro atoms. The molecule has 1 aliphatic heterocycles. The van der Waals surface area contributed by atoms with Gasteiger partial charge in [-0.1, -0.05) is 12.1 Å². The zero-order chi connectivity index (χ0) is 16.9. The third-order valence-electron chi connectivity index (χ3n) is 3.61. The van der Waals surface area contributed by atoms with Crippen molar-refractivity contribution in [1.82, 2.24) is 5.32 Å². The first-order chi connectivity index (χ1) is 11.6. The lowest BCUT2D eigenvalue weighted by molar-refractivity contribution is -0.116. The molecule has 0 aliphatic carbocycles. The Morgan fingerprint density at radius 1 is 1.33 bits per heavy atom. The van der Waals surface area contributed by atoms with Gasteiger partial charge in [-0.2, -0.15) is 0 Å². The van der Waals surface area contributed by atoms with Crippen molar-refractivity contribution in [2.75, 3.05) is 18.1 Å². The van der Waals surface area contributed by atoms with E-state index in [0.717, 1.165) is 17.0 Å². The lowest BCUT2D eigenvalue weighted by Gasteiger charge is -2.13. The average Bonchev–Trinajstić information content (AvgIpc) is 3.19. The minimum absolute atomic E-state index is 0.213. The minimum atomic E-state index is -0.340. The van der Waals surface area contributed by atoms with Gasteiger partial charge in [0.25, 0.3) is 0 Å². The van der Waals surface area contributed by atoms with Crippen LogP contribution < -0.4 is 10.2 Å². The number of amides is 2. The zero-order valence-corrected chi connectivity index (χ0v) is 13.3. The van der Waals surface area contributed by atoms with E-state index in [4.69, 9.17) is 9.15 Å². The van der Waals surface area contributed by atoms with Gasteiger partial charge in [0.1, 0.15) is 18.1 Å². The van der Waals surface area contributed by atoms with E-state index in [0.29, 0.717) is 25.5 Å². The second kappa shape index (κ2) is 7.04. The van der Waals surface area contributed by atoms with Crippen LogP contribution in [0.25, 0.3) is 6.08 Å². The fourth-order valence-electron chi connectivity index (χ4n) is 2.41. The van der Waals surface area contributed by atoms with Crippen molar-refractivity contribution >= 4 is 23.8 Å². The summed E-state index contributed by atoms with van der Waals surface area (Å²) < 4.78 is 10.3. The van der Waals surface area contributed by atoms with Crippen molar-refractivity contribution in [2.45, 2.75) is 13.5 Å². The number of nitrogens with one attached hydrogen (secondary N) is 1. The van der Waals surface area contributed by atoms with Crippen LogP contribution in [0.4, 0.5) is 10.5 Å². The maximum Gasteiger partial charge on any atom is 0.414 e. The molecule has 6 nitrogen and oxygen atoms in total. The van der Waals surface area contributed by atoms with Gasteiger partial charge in [-0.3, -0.25) is 9.69 Å². The maximum absolute atomic E-state index is 11.9. The third kappa shape index (κ3) is 3.84. The molecule has 3 rings (SSSR count). The number of aryl methyl sites for hydroxylation is 1. The van der Waals surface area contributed by atoms with E-state index in [1.165, 1.54) is 6.08 Å². The molecule has 0 bridgehead atoms. The van der Waals surface area contributed by atoms with Gasteiger partial charge < -0.3 is 14.5 Å². The van der Waals surface area contributed by atoms with Gasteiger partial charge in [-0.15, -0.1) is 0 Å². The predicted octanol–water partition coefficient (Wildman–Crippen LogP) is 2.87. The molecule has 1 aliphatic rings. The van der Waals surface area contributed by atoms with Crippen LogP contribution in [-0.2, 0) is 16.1 Å². The molecular weight excluding hydrogens is 308 g/mol. The number of nitrogens with zero attached hydrogens (tertiary/aromatic N) is 1. The molecule has 1 aromatic carbocycles. The molecule has 0 radical (unpaired) electrons. The quantitative estimate of drug-likeness (QED) is 0.858. The fourth-order valence-corrected chi connectivity index (χ4v) is 2.41. The second-order valence-corrected chi connectivity index (χ2v) is 5.44.